The van der Waals surface area contributed by atoms with Crippen molar-refractivity contribution in [1.82, 2.24) is 20.9 Å². The molecule has 0 aromatic heterocycles. The summed E-state index contributed by atoms with van der Waals surface area (Å²) in [7, 11) is 1.66. The molecule has 1 atom stereocenters. The van der Waals surface area contributed by atoms with Crippen molar-refractivity contribution in [3.8, 4) is 0 Å². The fourth-order valence-corrected chi connectivity index (χ4v) is 1.61. The summed E-state index contributed by atoms with van der Waals surface area (Å²) in [5.41, 5.74) is -0.748. The van der Waals surface area contributed by atoms with E-state index in [-0.39, 0.29) is 18.0 Å². The molecule has 0 aliphatic rings. The lowest BCUT2D eigenvalue weighted by molar-refractivity contribution is -0.127. The molecule has 7 heteroatoms. The van der Waals surface area contributed by atoms with E-state index in [0.29, 0.717) is 0 Å². The van der Waals surface area contributed by atoms with Crippen LogP contribution in [0.25, 0.3) is 0 Å². The molecule has 0 heterocycles. The Morgan fingerprint density at radius 3 is 1.82 bits per heavy atom. The van der Waals surface area contributed by atoms with Gasteiger partial charge in [-0.1, -0.05) is 0 Å². The van der Waals surface area contributed by atoms with E-state index in [9.17, 15) is 14.4 Å². The number of hydrogen-bond acceptors (Lipinski definition) is 4. The van der Waals surface area contributed by atoms with E-state index in [4.69, 9.17) is 0 Å². The molecule has 0 saturated heterocycles. The van der Waals surface area contributed by atoms with Gasteiger partial charge >= 0.3 is 6.03 Å². The highest BCUT2D eigenvalue weighted by atomic mass is 16.2. The van der Waals surface area contributed by atoms with Crippen LogP contribution in [0.2, 0.25) is 0 Å². The van der Waals surface area contributed by atoms with Gasteiger partial charge in [0.1, 0.15) is 0 Å². The van der Waals surface area contributed by atoms with Gasteiger partial charge in [0.2, 0.25) is 11.8 Å². The Hall–Kier alpha value is -1.63. The van der Waals surface area contributed by atoms with Crippen LogP contribution in [-0.4, -0.2) is 53.5 Å². The lowest BCUT2D eigenvalue weighted by Gasteiger charge is -2.27. The Kier molecular flexibility index (Phi) is 7.02. The number of likely N-dealkylation sites (N-methyl/N-ethyl adjacent to an activating group) is 1. The van der Waals surface area contributed by atoms with Gasteiger partial charge in [-0.15, -0.1) is 0 Å². The number of carbonyl (C=O) groups is 3. The minimum atomic E-state index is -0.601. The van der Waals surface area contributed by atoms with Gasteiger partial charge in [-0.2, -0.15) is 0 Å². The van der Waals surface area contributed by atoms with Crippen molar-refractivity contribution < 1.29 is 14.4 Å². The van der Waals surface area contributed by atoms with Gasteiger partial charge in [0.05, 0.1) is 12.6 Å². The van der Waals surface area contributed by atoms with Gasteiger partial charge in [0.15, 0.2) is 0 Å². The van der Waals surface area contributed by atoms with Crippen molar-refractivity contribution in [2.24, 2.45) is 0 Å². The zero-order valence-electron chi connectivity index (χ0n) is 15.0. The van der Waals surface area contributed by atoms with E-state index in [1.807, 2.05) is 41.5 Å². The van der Waals surface area contributed by atoms with E-state index in [1.165, 1.54) is 0 Å². The third kappa shape index (κ3) is 9.33. The average molecular weight is 314 g/mol. The number of nitrogens with one attached hydrogen (secondary N) is 3. The zero-order chi connectivity index (χ0) is 17.7. The molecule has 0 aliphatic carbocycles. The molecule has 0 aliphatic heterocycles. The number of hydrogen-bond donors (Lipinski definition) is 3. The molecule has 3 N–H and O–H groups in total. The molecule has 0 radical (unpaired) electrons. The summed E-state index contributed by atoms with van der Waals surface area (Å²) in [5.74, 6) is -0.624. The second-order valence-electron chi connectivity index (χ2n) is 7.58. The molecule has 0 fully saturated rings. The van der Waals surface area contributed by atoms with Crippen molar-refractivity contribution >= 4 is 17.8 Å². The topological polar surface area (TPSA) is 90.5 Å². The summed E-state index contributed by atoms with van der Waals surface area (Å²) in [6.45, 7) is 12.8. The lowest BCUT2D eigenvalue weighted by atomic mass is 10.1. The lowest BCUT2D eigenvalue weighted by Crippen LogP contribution is -2.54. The van der Waals surface area contributed by atoms with Gasteiger partial charge in [0.25, 0.3) is 0 Å². The van der Waals surface area contributed by atoms with E-state index in [0.717, 1.165) is 0 Å². The standard InChI is InChI=1S/C15H30N4O3/c1-10(12(21)16-13(22)18-15(5,6)7)19(8)9-11(20)17-14(2,3)4/h10H,9H2,1-8H3,(H,17,20)(H2,16,18,21,22). The normalized spacial score (nSPS) is 13.5. The summed E-state index contributed by atoms with van der Waals surface area (Å²) in [4.78, 5) is 37.1. The predicted octanol–water partition coefficient (Wildman–Crippen LogP) is 0.846. The Bertz CT molecular complexity index is 421. The van der Waals surface area contributed by atoms with Crippen LogP contribution in [0, 0.1) is 0 Å². The molecule has 0 spiro atoms. The fourth-order valence-electron chi connectivity index (χ4n) is 1.61. The van der Waals surface area contributed by atoms with Gasteiger partial charge in [0, 0.05) is 11.1 Å². The largest absolute Gasteiger partial charge is 0.350 e. The van der Waals surface area contributed by atoms with Crippen LogP contribution in [0.3, 0.4) is 0 Å². The molecule has 1 unspecified atom stereocenters. The number of amides is 4. The Morgan fingerprint density at radius 2 is 1.41 bits per heavy atom. The van der Waals surface area contributed by atoms with E-state index >= 15 is 0 Å². The van der Waals surface area contributed by atoms with Crippen LogP contribution in [0.15, 0.2) is 0 Å². The van der Waals surface area contributed by atoms with Crippen LogP contribution < -0.4 is 16.0 Å². The molecule has 0 saturated carbocycles. The Labute approximate surface area is 133 Å². The second-order valence-corrected chi connectivity index (χ2v) is 7.58. The van der Waals surface area contributed by atoms with Crippen LogP contribution in [0.5, 0.6) is 0 Å². The Balaban J connectivity index is 4.44. The van der Waals surface area contributed by atoms with E-state index < -0.39 is 23.5 Å². The minimum absolute atomic E-state index is 0.0761. The smallest absolute Gasteiger partial charge is 0.321 e. The first-order chi connectivity index (χ1) is 9.71. The first-order valence-electron chi connectivity index (χ1n) is 7.35. The highest BCUT2D eigenvalue weighted by Crippen LogP contribution is 2.01. The maximum absolute atomic E-state index is 12.0. The van der Waals surface area contributed by atoms with Gasteiger partial charge in [-0.05, 0) is 55.5 Å². The molecule has 0 aromatic carbocycles. The first-order valence-corrected chi connectivity index (χ1v) is 7.35. The van der Waals surface area contributed by atoms with Gasteiger partial charge in [-0.25, -0.2) is 4.79 Å². The summed E-state index contributed by atoms with van der Waals surface area (Å²) in [5, 5.41) is 7.75. The van der Waals surface area contributed by atoms with Crippen molar-refractivity contribution in [3.63, 3.8) is 0 Å². The van der Waals surface area contributed by atoms with Crippen LogP contribution in [-0.2, 0) is 9.59 Å². The summed E-state index contributed by atoms with van der Waals surface area (Å²) in [6.07, 6.45) is 0. The minimum Gasteiger partial charge on any atom is -0.350 e. The van der Waals surface area contributed by atoms with Crippen molar-refractivity contribution in [3.05, 3.63) is 0 Å². The van der Waals surface area contributed by atoms with E-state index in [2.05, 4.69) is 16.0 Å². The summed E-state index contributed by atoms with van der Waals surface area (Å²) >= 11 is 0. The molecule has 7 nitrogen and oxygen atoms in total. The molecular weight excluding hydrogens is 284 g/mol. The molecule has 22 heavy (non-hydrogen) atoms. The SMILES string of the molecule is CC(C(=O)NC(=O)NC(C)(C)C)N(C)CC(=O)NC(C)(C)C. The molecule has 4 amide bonds. The third-order valence-corrected chi connectivity index (χ3v) is 2.67. The van der Waals surface area contributed by atoms with Crippen molar-refractivity contribution in [1.29, 1.82) is 0 Å². The van der Waals surface area contributed by atoms with Crippen LogP contribution in [0.4, 0.5) is 4.79 Å². The molecule has 0 rings (SSSR count). The van der Waals surface area contributed by atoms with Crippen molar-refractivity contribution in [2.75, 3.05) is 13.6 Å². The molecular formula is C15H30N4O3. The maximum Gasteiger partial charge on any atom is 0.321 e. The first kappa shape index (κ1) is 20.4. The average Bonchev–Trinajstić information content (AvgIpc) is 2.21. The highest BCUT2D eigenvalue weighted by molar-refractivity contribution is 5.97. The number of imide groups is 1. The van der Waals surface area contributed by atoms with E-state index in [1.54, 1.807) is 18.9 Å². The van der Waals surface area contributed by atoms with Gasteiger partial charge in [-0.3, -0.25) is 19.8 Å². The fraction of sp³-hybridized carbons (Fsp3) is 0.800. The number of urea groups is 1. The number of nitrogens with zero attached hydrogens (tertiary/aromatic N) is 1. The third-order valence-electron chi connectivity index (χ3n) is 2.67. The summed E-state index contributed by atoms with van der Waals surface area (Å²) in [6, 6.07) is -1.15. The molecule has 128 valence electrons. The monoisotopic (exact) mass is 314 g/mol. The van der Waals surface area contributed by atoms with Crippen molar-refractivity contribution in [2.45, 2.75) is 65.6 Å². The highest BCUT2D eigenvalue weighted by Gasteiger charge is 2.24. The number of rotatable bonds is 4. The molecule has 0 bridgehead atoms. The zero-order valence-corrected chi connectivity index (χ0v) is 15.0. The molecule has 0 aromatic rings. The van der Waals surface area contributed by atoms with Crippen LogP contribution >= 0.6 is 0 Å². The van der Waals surface area contributed by atoms with Gasteiger partial charge < -0.3 is 10.6 Å². The quantitative estimate of drug-likeness (QED) is 0.717. The van der Waals surface area contributed by atoms with Crippen LogP contribution in [0.1, 0.15) is 48.5 Å². The Morgan fingerprint density at radius 1 is 0.955 bits per heavy atom. The number of carbonyl (C=O) groups excluding carboxylic acids is 3. The summed E-state index contributed by atoms with van der Waals surface area (Å²) < 4.78 is 0. The second kappa shape index (κ2) is 7.58. The maximum atomic E-state index is 12.0. The predicted molar refractivity (Wildman–Crippen MR) is 86.4 cm³/mol.